The largest absolute Gasteiger partial charge is 0.472 e. The van der Waals surface area contributed by atoms with Crippen LogP contribution in [0.4, 0.5) is 0 Å². The first-order chi connectivity index (χ1) is 26.6. The van der Waals surface area contributed by atoms with Crippen molar-refractivity contribution in [1.29, 1.82) is 0 Å². The van der Waals surface area contributed by atoms with E-state index in [9.17, 15) is 14.3 Å². The van der Waals surface area contributed by atoms with E-state index in [0.717, 1.165) is 44.9 Å². The minimum Gasteiger partial charge on any atom is -0.457 e. The monoisotopic (exact) mass is 801 g/mol. The lowest BCUT2D eigenvalue weighted by atomic mass is 10.1. The van der Waals surface area contributed by atoms with Crippen LogP contribution in [0.5, 0.6) is 0 Å². The van der Waals surface area contributed by atoms with Crippen LogP contribution in [0.1, 0.15) is 206 Å². The molecule has 1 N–H and O–H groups in total. The molecule has 0 aliphatic heterocycles. The van der Waals surface area contributed by atoms with Crippen LogP contribution >= 0.6 is 7.82 Å². The molecule has 0 saturated carbocycles. The van der Waals surface area contributed by atoms with E-state index in [1.807, 2.05) is 21.1 Å². The second-order valence-corrected chi connectivity index (χ2v) is 18.2. The van der Waals surface area contributed by atoms with E-state index in [2.05, 4.69) is 38.2 Å². The molecule has 0 bridgehead atoms. The van der Waals surface area contributed by atoms with Crippen molar-refractivity contribution in [3.63, 3.8) is 0 Å². The molecule has 0 aliphatic carbocycles. The molecule has 0 heterocycles. The molecule has 55 heavy (non-hydrogen) atoms. The maximum absolute atomic E-state index is 12.7. The molecule has 0 amide bonds. The summed E-state index contributed by atoms with van der Waals surface area (Å²) in [4.78, 5) is 22.9. The third kappa shape index (κ3) is 43.9. The van der Waals surface area contributed by atoms with Gasteiger partial charge in [-0.3, -0.25) is 13.8 Å². The van der Waals surface area contributed by atoms with E-state index in [1.54, 1.807) is 0 Å². The molecule has 0 saturated heterocycles. The molecule has 9 heteroatoms. The Bertz CT molecular complexity index is 936. The highest BCUT2D eigenvalue weighted by Crippen LogP contribution is 2.43. The van der Waals surface area contributed by atoms with Gasteiger partial charge in [0.1, 0.15) is 19.3 Å². The summed E-state index contributed by atoms with van der Waals surface area (Å²) in [7, 11) is 1.67. The number of rotatable bonds is 43. The summed E-state index contributed by atoms with van der Waals surface area (Å²) in [5.41, 5.74) is 0. The molecule has 8 nitrogen and oxygen atoms in total. The molecular formula is C46H91NO7P+. The topological polar surface area (TPSA) is 91.3 Å². The maximum atomic E-state index is 12.7. The van der Waals surface area contributed by atoms with E-state index in [0.29, 0.717) is 24.1 Å². The Morgan fingerprint density at radius 2 is 0.945 bits per heavy atom. The fourth-order valence-electron chi connectivity index (χ4n) is 6.37. The maximum Gasteiger partial charge on any atom is 0.472 e. The van der Waals surface area contributed by atoms with E-state index in [4.69, 9.17) is 18.5 Å². The minimum absolute atomic E-state index is 0.0881. The van der Waals surface area contributed by atoms with Crippen LogP contribution in [0.3, 0.4) is 0 Å². The molecule has 0 aliphatic rings. The average Bonchev–Trinajstić information content (AvgIpc) is 3.13. The van der Waals surface area contributed by atoms with Crippen molar-refractivity contribution < 1.29 is 37.3 Å². The first-order valence-corrected chi connectivity index (χ1v) is 24.6. The molecule has 2 atom stereocenters. The van der Waals surface area contributed by atoms with Gasteiger partial charge in [-0.05, 0) is 64.2 Å². The van der Waals surface area contributed by atoms with E-state index < -0.39 is 13.9 Å². The van der Waals surface area contributed by atoms with Crippen LogP contribution in [-0.2, 0) is 27.9 Å². The van der Waals surface area contributed by atoms with Crippen molar-refractivity contribution in [3.8, 4) is 0 Å². The Labute approximate surface area is 341 Å². The Hall–Kier alpha value is -1.02. The van der Waals surface area contributed by atoms with Crippen LogP contribution in [0.25, 0.3) is 0 Å². The third-order valence-electron chi connectivity index (χ3n) is 9.99. The molecule has 0 spiro atoms. The van der Waals surface area contributed by atoms with Gasteiger partial charge in [0, 0.05) is 13.0 Å². The zero-order valence-corrected chi connectivity index (χ0v) is 37.8. The molecule has 0 aromatic rings. The summed E-state index contributed by atoms with van der Waals surface area (Å²) in [5.74, 6) is -0.322. The summed E-state index contributed by atoms with van der Waals surface area (Å²) in [6.07, 6.45) is 45.0. The summed E-state index contributed by atoms with van der Waals surface area (Å²) < 4.78 is 35.0. The summed E-state index contributed by atoms with van der Waals surface area (Å²) >= 11 is 0. The number of hydrogen-bond donors (Lipinski definition) is 1. The molecule has 0 aromatic heterocycles. The number of carbonyl (C=O) groups is 1. The number of allylic oxidation sites excluding steroid dienone is 4. The highest BCUT2D eigenvalue weighted by atomic mass is 31.2. The van der Waals surface area contributed by atoms with Gasteiger partial charge >= 0.3 is 13.8 Å². The van der Waals surface area contributed by atoms with Gasteiger partial charge in [0.2, 0.25) is 0 Å². The fourth-order valence-corrected chi connectivity index (χ4v) is 7.11. The van der Waals surface area contributed by atoms with Crippen LogP contribution in [-0.4, -0.2) is 75.6 Å². The Kier molecular flexibility index (Phi) is 39.1. The zero-order valence-electron chi connectivity index (χ0n) is 36.9. The van der Waals surface area contributed by atoms with Gasteiger partial charge in [-0.1, -0.05) is 160 Å². The normalized spacial score (nSPS) is 13.9. The van der Waals surface area contributed by atoms with Crippen molar-refractivity contribution in [2.24, 2.45) is 0 Å². The van der Waals surface area contributed by atoms with Gasteiger partial charge in [0.25, 0.3) is 0 Å². The number of likely N-dealkylation sites (N-methyl/N-ethyl adjacent to an activating group) is 1. The fraction of sp³-hybridized carbons (Fsp3) is 0.891. The molecule has 2 unspecified atom stereocenters. The standard InChI is InChI=1S/C46H90NO7P/c1-6-8-10-12-14-16-18-20-21-22-23-24-25-26-28-30-32-34-36-38-41-51-43-45(44-53-55(49,50)52-42-40-47(3,4)5)54-46(48)39-37-35-33-31-29-27-19-17-15-13-11-9-7-2/h17,19-21,45H,6-16,18,22-44H2,1-5H3/p+1/b19-17-,21-20-. The lowest BCUT2D eigenvalue weighted by molar-refractivity contribution is -0.870. The number of carbonyl (C=O) groups excluding carboxylic acids is 1. The third-order valence-corrected chi connectivity index (χ3v) is 11.0. The lowest BCUT2D eigenvalue weighted by Gasteiger charge is -2.24. The van der Waals surface area contributed by atoms with Gasteiger partial charge in [-0.15, -0.1) is 0 Å². The zero-order chi connectivity index (χ0) is 40.6. The molecule has 0 radical (unpaired) electrons. The van der Waals surface area contributed by atoms with Crippen molar-refractivity contribution in [2.45, 2.75) is 213 Å². The number of hydrogen-bond acceptors (Lipinski definition) is 6. The van der Waals surface area contributed by atoms with Gasteiger partial charge in [0.05, 0.1) is 34.4 Å². The number of ether oxygens (including phenoxy) is 2. The highest BCUT2D eigenvalue weighted by Gasteiger charge is 2.26. The van der Waals surface area contributed by atoms with Crippen molar-refractivity contribution in [2.75, 3.05) is 54.1 Å². The Morgan fingerprint density at radius 3 is 1.40 bits per heavy atom. The predicted molar refractivity (Wildman–Crippen MR) is 233 cm³/mol. The smallest absolute Gasteiger partial charge is 0.457 e. The van der Waals surface area contributed by atoms with E-state index >= 15 is 0 Å². The van der Waals surface area contributed by atoms with Crippen molar-refractivity contribution in [3.05, 3.63) is 24.3 Å². The van der Waals surface area contributed by atoms with Crippen molar-refractivity contribution in [1.82, 2.24) is 0 Å². The lowest BCUT2D eigenvalue weighted by Crippen LogP contribution is -2.37. The predicted octanol–water partition coefficient (Wildman–Crippen LogP) is 13.6. The van der Waals surface area contributed by atoms with Crippen LogP contribution in [0.15, 0.2) is 24.3 Å². The first kappa shape index (κ1) is 54.0. The second kappa shape index (κ2) is 39.8. The number of esters is 1. The molecular weight excluding hydrogens is 709 g/mol. The van der Waals surface area contributed by atoms with Crippen LogP contribution in [0, 0.1) is 0 Å². The number of quaternary nitrogens is 1. The van der Waals surface area contributed by atoms with Gasteiger partial charge in [-0.2, -0.15) is 0 Å². The first-order valence-electron chi connectivity index (χ1n) is 23.1. The number of phosphoric acid groups is 1. The quantitative estimate of drug-likeness (QED) is 0.0216. The Morgan fingerprint density at radius 1 is 0.545 bits per heavy atom. The molecule has 0 rings (SSSR count). The van der Waals surface area contributed by atoms with E-state index in [-0.39, 0.29) is 25.8 Å². The number of phosphoric ester groups is 1. The molecule has 0 fully saturated rings. The summed E-state index contributed by atoms with van der Waals surface area (Å²) in [6, 6.07) is 0. The van der Waals surface area contributed by atoms with Gasteiger partial charge in [0.15, 0.2) is 0 Å². The van der Waals surface area contributed by atoms with Gasteiger partial charge in [-0.25, -0.2) is 4.57 Å². The highest BCUT2D eigenvalue weighted by molar-refractivity contribution is 7.47. The van der Waals surface area contributed by atoms with Crippen LogP contribution < -0.4 is 0 Å². The Balaban J connectivity index is 4.16. The number of nitrogens with zero attached hydrogens (tertiary/aromatic N) is 1. The number of unbranched alkanes of at least 4 members (excludes halogenated alkanes) is 25. The van der Waals surface area contributed by atoms with E-state index in [1.165, 1.54) is 141 Å². The second-order valence-electron chi connectivity index (χ2n) is 16.8. The summed E-state index contributed by atoms with van der Waals surface area (Å²) in [5, 5.41) is 0. The van der Waals surface area contributed by atoms with Crippen molar-refractivity contribution >= 4 is 13.8 Å². The molecule has 326 valence electrons. The average molecular weight is 801 g/mol. The summed E-state index contributed by atoms with van der Waals surface area (Å²) in [6.45, 7) is 5.61. The minimum atomic E-state index is -4.27. The van der Waals surface area contributed by atoms with Gasteiger partial charge < -0.3 is 18.9 Å². The SMILES string of the molecule is CCCCCC/C=C\CCCCCCCC(=O)OC(COCCCCCCCCCCCC/C=C\CCCCCCCC)COP(=O)(O)OCC[N+](C)(C)C. The molecule has 0 aromatic carbocycles. The van der Waals surface area contributed by atoms with Crippen LogP contribution in [0.2, 0.25) is 0 Å².